The van der Waals surface area contributed by atoms with Crippen LogP contribution in [-0.4, -0.2) is 12.5 Å². The van der Waals surface area contributed by atoms with Crippen LogP contribution in [0.4, 0.5) is 0 Å². The molecule has 1 atom stereocenters. The molecular weight excluding hydrogens is 240 g/mol. The first kappa shape index (κ1) is 13.4. The van der Waals surface area contributed by atoms with E-state index in [0.29, 0.717) is 19.5 Å². The van der Waals surface area contributed by atoms with Gasteiger partial charge in [-0.05, 0) is 17.7 Å². The van der Waals surface area contributed by atoms with Crippen molar-refractivity contribution in [3.63, 3.8) is 0 Å². The van der Waals surface area contributed by atoms with Gasteiger partial charge >= 0.3 is 0 Å². The van der Waals surface area contributed by atoms with Crippen LogP contribution in [0.2, 0.25) is 0 Å². The van der Waals surface area contributed by atoms with Gasteiger partial charge in [0.1, 0.15) is 5.76 Å². The van der Waals surface area contributed by atoms with E-state index in [1.54, 1.807) is 12.3 Å². The molecule has 1 unspecified atom stereocenters. The molecule has 0 saturated carbocycles. The summed E-state index contributed by atoms with van der Waals surface area (Å²) in [7, 11) is 0. The van der Waals surface area contributed by atoms with Crippen molar-refractivity contribution in [1.29, 1.82) is 0 Å². The van der Waals surface area contributed by atoms with Crippen LogP contribution in [0.3, 0.4) is 0 Å². The lowest BCUT2D eigenvalue weighted by Crippen LogP contribution is -2.26. The fourth-order valence-corrected chi connectivity index (χ4v) is 1.92. The summed E-state index contributed by atoms with van der Waals surface area (Å²) in [4.78, 5) is 11.9. The lowest BCUT2D eigenvalue weighted by atomic mass is 10.0. The molecule has 1 aromatic heterocycles. The summed E-state index contributed by atoms with van der Waals surface area (Å²) in [5.41, 5.74) is 6.76. The molecule has 2 aromatic rings. The molecule has 1 amide bonds. The van der Waals surface area contributed by atoms with Crippen LogP contribution in [0.25, 0.3) is 0 Å². The highest BCUT2D eigenvalue weighted by atomic mass is 16.3. The molecule has 19 heavy (non-hydrogen) atoms. The zero-order valence-corrected chi connectivity index (χ0v) is 10.7. The summed E-state index contributed by atoms with van der Waals surface area (Å²) >= 11 is 0. The smallest absolute Gasteiger partial charge is 0.221 e. The van der Waals surface area contributed by atoms with Crippen LogP contribution in [0.1, 0.15) is 23.7 Å². The summed E-state index contributed by atoms with van der Waals surface area (Å²) in [6.07, 6.45) is 1.94. The normalized spacial score (nSPS) is 12.1. The first-order valence-electron chi connectivity index (χ1n) is 6.33. The van der Waals surface area contributed by atoms with Crippen molar-refractivity contribution in [2.75, 3.05) is 6.54 Å². The molecule has 0 aliphatic heterocycles. The van der Waals surface area contributed by atoms with Gasteiger partial charge in [-0.15, -0.1) is 0 Å². The number of rotatable bonds is 6. The minimum absolute atomic E-state index is 0.0179. The van der Waals surface area contributed by atoms with E-state index in [4.69, 9.17) is 10.2 Å². The molecule has 1 aromatic carbocycles. The maximum atomic E-state index is 11.9. The third-order valence-corrected chi connectivity index (χ3v) is 2.99. The molecule has 0 radical (unpaired) electrons. The van der Waals surface area contributed by atoms with Crippen LogP contribution in [0.15, 0.2) is 53.1 Å². The van der Waals surface area contributed by atoms with Crippen LogP contribution < -0.4 is 11.1 Å². The standard InChI is InChI=1S/C15H18N2O2/c16-10-13(14-7-4-8-19-14)9-15(18)17-11-12-5-2-1-3-6-12/h1-8,13H,9-11,16H2,(H,17,18). The molecule has 0 spiro atoms. The van der Waals surface area contributed by atoms with E-state index in [9.17, 15) is 4.79 Å². The molecule has 0 aliphatic rings. The molecule has 100 valence electrons. The van der Waals surface area contributed by atoms with Crippen molar-refractivity contribution in [3.05, 3.63) is 60.1 Å². The maximum absolute atomic E-state index is 11.9. The first-order chi connectivity index (χ1) is 9.29. The van der Waals surface area contributed by atoms with Crippen LogP contribution in [0.5, 0.6) is 0 Å². The van der Waals surface area contributed by atoms with E-state index < -0.39 is 0 Å². The Balaban J connectivity index is 1.84. The Morgan fingerprint density at radius 1 is 1.21 bits per heavy atom. The van der Waals surface area contributed by atoms with Crippen molar-refractivity contribution >= 4 is 5.91 Å². The number of nitrogens with one attached hydrogen (secondary N) is 1. The van der Waals surface area contributed by atoms with E-state index in [1.165, 1.54) is 0 Å². The SMILES string of the molecule is NCC(CC(=O)NCc1ccccc1)c1ccco1. The number of carbonyl (C=O) groups excluding carboxylic acids is 1. The Hall–Kier alpha value is -2.07. The average molecular weight is 258 g/mol. The maximum Gasteiger partial charge on any atom is 0.221 e. The lowest BCUT2D eigenvalue weighted by molar-refractivity contribution is -0.121. The number of hydrogen-bond donors (Lipinski definition) is 2. The second-order valence-corrected chi connectivity index (χ2v) is 4.41. The topological polar surface area (TPSA) is 68.3 Å². The first-order valence-corrected chi connectivity index (χ1v) is 6.33. The van der Waals surface area contributed by atoms with Gasteiger partial charge in [-0.1, -0.05) is 30.3 Å². The zero-order chi connectivity index (χ0) is 13.5. The molecule has 0 bridgehead atoms. The predicted octanol–water partition coefficient (Wildman–Crippen LogP) is 2.03. The van der Waals surface area contributed by atoms with Gasteiger partial charge < -0.3 is 15.5 Å². The van der Waals surface area contributed by atoms with Crippen LogP contribution in [-0.2, 0) is 11.3 Å². The van der Waals surface area contributed by atoms with Crippen molar-refractivity contribution in [1.82, 2.24) is 5.32 Å². The Bertz CT molecular complexity index is 494. The fraction of sp³-hybridized carbons (Fsp3) is 0.267. The third kappa shape index (κ3) is 3.96. The highest BCUT2D eigenvalue weighted by Crippen LogP contribution is 2.18. The van der Waals surface area contributed by atoms with Gasteiger partial charge in [0, 0.05) is 25.4 Å². The monoisotopic (exact) mass is 258 g/mol. The largest absolute Gasteiger partial charge is 0.469 e. The van der Waals surface area contributed by atoms with Crippen LogP contribution in [0, 0.1) is 0 Å². The number of carbonyl (C=O) groups is 1. The highest BCUT2D eigenvalue weighted by Gasteiger charge is 2.16. The van der Waals surface area contributed by atoms with Gasteiger partial charge in [-0.3, -0.25) is 4.79 Å². The number of hydrogen-bond acceptors (Lipinski definition) is 3. The Labute approximate surface area is 112 Å². The third-order valence-electron chi connectivity index (χ3n) is 2.99. The van der Waals surface area contributed by atoms with E-state index >= 15 is 0 Å². The molecule has 3 N–H and O–H groups in total. The molecular formula is C15H18N2O2. The number of amides is 1. The summed E-state index contributed by atoms with van der Waals surface area (Å²) in [5, 5.41) is 2.89. The van der Waals surface area contributed by atoms with Gasteiger partial charge in [0.15, 0.2) is 0 Å². The van der Waals surface area contributed by atoms with Gasteiger partial charge in [-0.25, -0.2) is 0 Å². The number of furan rings is 1. The summed E-state index contributed by atoms with van der Waals surface area (Å²) in [5.74, 6) is 0.679. The average Bonchev–Trinajstić information content (AvgIpc) is 2.97. The molecule has 1 heterocycles. The Morgan fingerprint density at radius 2 is 2.00 bits per heavy atom. The number of nitrogens with two attached hydrogens (primary N) is 1. The molecule has 2 rings (SSSR count). The van der Waals surface area contributed by atoms with Crippen LogP contribution >= 0.6 is 0 Å². The second-order valence-electron chi connectivity index (χ2n) is 4.41. The summed E-state index contributed by atoms with van der Waals surface area (Å²) in [6.45, 7) is 0.932. The molecule has 0 aliphatic carbocycles. The molecule has 4 nitrogen and oxygen atoms in total. The summed E-state index contributed by atoms with van der Waals surface area (Å²) < 4.78 is 5.29. The van der Waals surface area contributed by atoms with Crippen molar-refractivity contribution in [2.45, 2.75) is 18.9 Å². The Kier molecular flexibility index (Phi) is 4.75. The Morgan fingerprint density at radius 3 is 2.63 bits per heavy atom. The predicted molar refractivity (Wildman–Crippen MR) is 73.4 cm³/mol. The molecule has 0 saturated heterocycles. The lowest BCUT2D eigenvalue weighted by Gasteiger charge is -2.12. The fourth-order valence-electron chi connectivity index (χ4n) is 1.92. The van der Waals surface area contributed by atoms with Gasteiger partial charge in [-0.2, -0.15) is 0 Å². The quantitative estimate of drug-likeness (QED) is 0.833. The minimum atomic E-state index is -0.0641. The van der Waals surface area contributed by atoms with Crippen molar-refractivity contribution in [3.8, 4) is 0 Å². The van der Waals surface area contributed by atoms with E-state index in [1.807, 2.05) is 36.4 Å². The molecule has 0 fully saturated rings. The highest BCUT2D eigenvalue weighted by molar-refractivity contribution is 5.76. The number of benzene rings is 1. The van der Waals surface area contributed by atoms with Crippen molar-refractivity contribution in [2.24, 2.45) is 5.73 Å². The van der Waals surface area contributed by atoms with Gasteiger partial charge in [0.25, 0.3) is 0 Å². The van der Waals surface area contributed by atoms with Gasteiger partial charge in [0.2, 0.25) is 5.91 Å². The van der Waals surface area contributed by atoms with Crippen molar-refractivity contribution < 1.29 is 9.21 Å². The van der Waals surface area contributed by atoms with E-state index in [2.05, 4.69) is 5.32 Å². The van der Waals surface area contributed by atoms with E-state index in [0.717, 1.165) is 11.3 Å². The minimum Gasteiger partial charge on any atom is -0.469 e. The summed E-state index contributed by atoms with van der Waals surface area (Å²) in [6, 6.07) is 13.5. The second kappa shape index (κ2) is 6.75. The van der Waals surface area contributed by atoms with E-state index in [-0.39, 0.29) is 11.8 Å². The molecule has 4 heteroatoms. The zero-order valence-electron chi connectivity index (χ0n) is 10.7. The van der Waals surface area contributed by atoms with Gasteiger partial charge in [0.05, 0.1) is 6.26 Å².